The maximum absolute atomic E-state index is 12.2. The summed E-state index contributed by atoms with van der Waals surface area (Å²) in [7, 11) is 0. The monoisotopic (exact) mass is 376 g/mol. The minimum atomic E-state index is -0.148. The molecule has 134 valence electrons. The molecule has 4 rings (SSSR count). The number of carbonyl (C=O) groups excluding carboxylic acids is 1. The SMILES string of the molecule is O=C(CCc1ncc(-c2ccccc2)o1)Nc1nnc(-c2ccccc2)s1. The molecule has 0 saturated heterocycles. The van der Waals surface area contributed by atoms with E-state index in [1.807, 2.05) is 60.7 Å². The quantitative estimate of drug-likeness (QED) is 0.538. The summed E-state index contributed by atoms with van der Waals surface area (Å²) in [6.45, 7) is 0. The van der Waals surface area contributed by atoms with Crippen molar-refractivity contribution in [3.8, 4) is 21.9 Å². The van der Waals surface area contributed by atoms with E-state index >= 15 is 0 Å². The molecule has 1 amide bonds. The second-order valence-electron chi connectivity index (χ2n) is 5.81. The largest absolute Gasteiger partial charge is 0.441 e. The maximum Gasteiger partial charge on any atom is 0.226 e. The van der Waals surface area contributed by atoms with E-state index in [-0.39, 0.29) is 12.3 Å². The molecule has 0 saturated carbocycles. The molecular weight excluding hydrogens is 360 g/mol. The first-order valence-corrected chi connectivity index (χ1v) is 9.28. The van der Waals surface area contributed by atoms with Crippen molar-refractivity contribution in [2.24, 2.45) is 0 Å². The van der Waals surface area contributed by atoms with E-state index in [0.29, 0.717) is 23.2 Å². The number of benzene rings is 2. The average molecular weight is 376 g/mol. The number of hydrogen-bond acceptors (Lipinski definition) is 6. The van der Waals surface area contributed by atoms with Crippen molar-refractivity contribution in [2.45, 2.75) is 12.8 Å². The molecule has 0 spiro atoms. The fourth-order valence-corrected chi connectivity index (χ4v) is 3.30. The number of hydrogen-bond donors (Lipinski definition) is 1. The highest BCUT2D eigenvalue weighted by Gasteiger charge is 2.12. The molecule has 0 aliphatic rings. The van der Waals surface area contributed by atoms with Crippen molar-refractivity contribution in [1.82, 2.24) is 15.2 Å². The topological polar surface area (TPSA) is 80.9 Å². The van der Waals surface area contributed by atoms with E-state index in [9.17, 15) is 4.79 Å². The van der Waals surface area contributed by atoms with Crippen molar-refractivity contribution < 1.29 is 9.21 Å². The number of amides is 1. The summed E-state index contributed by atoms with van der Waals surface area (Å²) >= 11 is 1.34. The molecule has 2 aromatic heterocycles. The van der Waals surface area contributed by atoms with Crippen LogP contribution in [-0.2, 0) is 11.2 Å². The summed E-state index contributed by atoms with van der Waals surface area (Å²) in [5.74, 6) is 1.08. The minimum Gasteiger partial charge on any atom is -0.441 e. The Morgan fingerprint density at radius 2 is 1.67 bits per heavy atom. The summed E-state index contributed by atoms with van der Waals surface area (Å²) in [4.78, 5) is 16.4. The van der Waals surface area contributed by atoms with Crippen LogP contribution in [0.2, 0.25) is 0 Å². The van der Waals surface area contributed by atoms with Gasteiger partial charge in [-0.25, -0.2) is 4.98 Å². The predicted molar refractivity (Wildman–Crippen MR) is 104 cm³/mol. The number of rotatable bonds is 6. The van der Waals surface area contributed by atoms with E-state index < -0.39 is 0 Å². The highest BCUT2D eigenvalue weighted by Crippen LogP contribution is 2.26. The molecule has 0 unspecified atom stereocenters. The number of aryl methyl sites for hydroxylation is 1. The fraction of sp³-hybridized carbons (Fsp3) is 0.100. The number of nitrogens with zero attached hydrogens (tertiary/aromatic N) is 3. The zero-order valence-electron chi connectivity index (χ0n) is 14.3. The molecule has 0 radical (unpaired) electrons. The zero-order chi connectivity index (χ0) is 18.5. The summed E-state index contributed by atoms with van der Waals surface area (Å²) < 4.78 is 5.72. The first-order valence-electron chi connectivity index (χ1n) is 8.47. The van der Waals surface area contributed by atoms with Gasteiger partial charge < -0.3 is 9.73 Å². The van der Waals surface area contributed by atoms with E-state index in [2.05, 4.69) is 20.5 Å². The van der Waals surface area contributed by atoms with Crippen LogP contribution < -0.4 is 5.32 Å². The Kier molecular flexibility index (Phi) is 5.02. The highest BCUT2D eigenvalue weighted by molar-refractivity contribution is 7.18. The Morgan fingerprint density at radius 3 is 2.41 bits per heavy atom. The molecule has 0 aliphatic heterocycles. The Hall–Kier alpha value is -3.32. The Balaban J connectivity index is 1.33. The van der Waals surface area contributed by atoms with Crippen LogP contribution in [0.4, 0.5) is 5.13 Å². The Morgan fingerprint density at radius 1 is 0.963 bits per heavy atom. The van der Waals surface area contributed by atoms with Gasteiger partial charge in [-0.15, -0.1) is 10.2 Å². The summed E-state index contributed by atoms with van der Waals surface area (Å²) in [6, 6.07) is 19.5. The van der Waals surface area contributed by atoms with Crippen LogP contribution in [0.3, 0.4) is 0 Å². The lowest BCUT2D eigenvalue weighted by molar-refractivity contribution is -0.116. The van der Waals surface area contributed by atoms with E-state index in [0.717, 1.165) is 16.1 Å². The lowest BCUT2D eigenvalue weighted by Crippen LogP contribution is -2.12. The number of nitrogens with one attached hydrogen (secondary N) is 1. The van der Waals surface area contributed by atoms with Crippen LogP contribution in [-0.4, -0.2) is 21.1 Å². The van der Waals surface area contributed by atoms with E-state index in [1.54, 1.807) is 6.20 Å². The highest BCUT2D eigenvalue weighted by atomic mass is 32.1. The van der Waals surface area contributed by atoms with Gasteiger partial charge in [0.2, 0.25) is 11.0 Å². The summed E-state index contributed by atoms with van der Waals surface area (Å²) in [5.41, 5.74) is 1.94. The first-order chi connectivity index (χ1) is 13.3. The third-order valence-corrected chi connectivity index (χ3v) is 4.76. The lowest BCUT2D eigenvalue weighted by Gasteiger charge is -1.99. The van der Waals surface area contributed by atoms with Gasteiger partial charge in [0, 0.05) is 24.0 Å². The van der Waals surface area contributed by atoms with Crippen molar-refractivity contribution >= 4 is 22.4 Å². The normalized spacial score (nSPS) is 10.7. The first kappa shape index (κ1) is 17.1. The summed E-state index contributed by atoms with van der Waals surface area (Å²) in [6.07, 6.45) is 2.36. The third-order valence-electron chi connectivity index (χ3n) is 3.87. The third kappa shape index (κ3) is 4.27. The maximum atomic E-state index is 12.2. The van der Waals surface area contributed by atoms with Crippen molar-refractivity contribution in [3.05, 3.63) is 72.8 Å². The molecule has 2 aromatic carbocycles. The molecule has 27 heavy (non-hydrogen) atoms. The Labute approximate surface area is 159 Å². The summed E-state index contributed by atoms with van der Waals surface area (Å²) in [5, 5.41) is 12.2. The molecule has 2 heterocycles. The second-order valence-corrected chi connectivity index (χ2v) is 6.79. The van der Waals surface area contributed by atoms with Gasteiger partial charge in [-0.05, 0) is 0 Å². The van der Waals surface area contributed by atoms with E-state index in [1.165, 1.54) is 11.3 Å². The fourth-order valence-electron chi connectivity index (χ4n) is 2.54. The van der Waals surface area contributed by atoms with Gasteiger partial charge in [0.25, 0.3) is 0 Å². The van der Waals surface area contributed by atoms with Crippen LogP contribution >= 0.6 is 11.3 Å². The number of aromatic nitrogens is 3. The molecule has 1 N–H and O–H groups in total. The molecule has 6 nitrogen and oxygen atoms in total. The van der Waals surface area contributed by atoms with Crippen LogP contribution in [0.5, 0.6) is 0 Å². The van der Waals surface area contributed by atoms with E-state index in [4.69, 9.17) is 4.42 Å². The molecule has 0 bridgehead atoms. The zero-order valence-corrected chi connectivity index (χ0v) is 15.1. The molecule has 0 atom stereocenters. The van der Waals surface area contributed by atoms with Crippen LogP contribution in [0.15, 0.2) is 71.3 Å². The number of oxazole rings is 1. The molecule has 7 heteroatoms. The molecule has 0 fully saturated rings. The predicted octanol–water partition coefficient (Wildman–Crippen LogP) is 4.43. The van der Waals surface area contributed by atoms with Gasteiger partial charge in [0.05, 0.1) is 6.20 Å². The van der Waals surface area contributed by atoms with Gasteiger partial charge in [-0.3, -0.25) is 4.79 Å². The van der Waals surface area contributed by atoms with Gasteiger partial charge in [0.1, 0.15) is 5.01 Å². The molecular formula is C20H16N4O2S. The van der Waals surface area contributed by atoms with Gasteiger partial charge in [-0.2, -0.15) is 0 Å². The number of carbonyl (C=O) groups is 1. The molecule has 4 aromatic rings. The van der Waals surface area contributed by atoms with Crippen molar-refractivity contribution in [1.29, 1.82) is 0 Å². The van der Waals surface area contributed by atoms with Gasteiger partial charge in [-0.1, -0.05) is 72.0 Å². The van der Waals surface area contributed by atoms with Gasteiger partial charge in [0.15, 0.2) is 11.7 Å². The molecule has 0 aliphatic carbocycles. The lowest BCUT2D eigenvalue weighted by atomic mass is 10.2. The minimum absolute atomic E-state index is 0.148. The van der Waals surface area contributed by atoms with Crippen LogP contribution in [0.1, 0.15) is 12.3 Å². The average Bonchev–Trinajstić information content (AvgIpc) is 3.37. The number of anilines is 1. The smallest absolute Gasteiger partial charge is 0.226 e. The van der Waals surface area contributed by atoms with Crippen LogP contribution in [0, 0.1) is 0 Å². The standard InChI is InChI=1S/C20H16N4O2S/c25-17(22-20-24-23-19(27-20)15-9-5-2-6-10-15)11-12-18-21-13-16(26-18)14-7-3-1-4-8-14/h1-10,13H,11-12H2,(H,22,24,25). The second kappa shape index (κ2) is 7.92. The Bertz CT molecular complexity index is 1030. The van der Waals surface area contributed by atoms with Crippen LogP contribution in [0.25, 0.3) is 21.9 Å². The van der Waals surface area contributed by atoms with Gasteiger partial charge >= 0.3 is 0 Å². The van der Waals surface area contributed by atoms with Crippen molar-refractivity contribution in [3.63, 3.8) is 0 Å². The van der Waals surface area contributed by atoms with Crippen molar-refractivity contribution in [2.75, 3.05) is 5.32 Å².